The summed E-state index contributed by atoms with van der Waals surface area (Å²) in [6, 6.07) is 7.70. The normalized spacial score (nSPS) is 19.5. The van der Waals surface area contributed by atoms with Crippen molar-refractivity contribution in [3.8, 4) is 0 Å². The van der Waals surface area contributed by atoms with Gasteiger partial charge >= 0.3 is 5.97 Å². The first-order valence-corrected chi connectivity index (χ1v) is 6.18. The Morgan fingerprint density at radius 3 is 2.95 bits per heavy atom. The molecule has 1 saturated heterocycles. The summed E-state index contributed by atoms with van der Waals surface area (Å²) < 4.78 is 17.9. The molecule has 0 aliphatic carbocycles. The van der Waals surface area contributed by atoms with Crippen LogP contribution in [0.4, 0.5) is 0 Å². The van der Waals surface area contributed by atoms with Crippen molar-refractivity contribution < 1.29 is 19.0 Å². The van der Waals surface area contributed by atoms with Crippen LogP contribution in [0.3, 0.4) is 0 Å². The van der Waals surface area contributed by atoms with Crippen LogP contribution in [-0.4, -0.2) is 37.5 Å². The Balaban J connectivity index is 2.11. The number of carbonyl (C=O) groups is 1. The van der Waals surface area contributed by atoms with Crippen molar-refractivity contribution >= 4 is 16.9 Å². The number of esters is 1. The molecule has 19 heavy (non-hydrogen) atoms. The molecule has 1 aromatic carbocycles. The minimum absolute atomic E-state index is 0.197. The standard InChI is InChI=1S/C14H15NO4/c1-17-14(16)11-8-15(13-9-18-6-7-19-13)12-5-3-2-4-10(11)12/h2-5,8,13H,6-7,9H2,1H3. The Morgan fingerprint density at radius 2 is 2.21 bits per heavy atom. The number of aromatic nitrogens is 1. The number of hydrogen-bond donors (Lipinski definition) is 0. The smallest absolute Gasteiger partial charge is 0.340 e. The number of benzene rings is 1. The third-order valence-electron chi connectivity index (χ3n) is 3.25. The van der Waals surface area contributed by atoms with Crippen molar-refractivity contribution in [1.82, 2.24) is 4.57 Å². The van der Waals surface area contributed by atoms with Gasteiger partial charge in [-0.3, -0.25) is 0 Å². The van der Waals surface area contributed by atoms with Gasteiger partial charge in [0.2, 0.25) is 0 Å². The maximum Gasteiger partial charge on any atom is 0.340 e. The van der Waals surface area contributed by atoms with E-state index >= 15 is 0 Å². The van der Waals surface area contributed by atoms with E-state index in [1.807, 2.05) is 28.8 Å². The van der Waals surface area contributed by atoms with Crippen LogP contribution in [0.25, 0.3) is 10.9 Å². The van der Waals surface area contributed by atoms with Crippen LogP contribution in [0, 0.1) is 0 Å². The summed E-state index contributed by atoms with van der Waals surface area (Å²) in [7, 11) is 1.38. The molecule has 5 nitrogen and oxygen atoms in total. The molecule has 5 heteroatoms. The second kappa shape index (κ2) is 5.03. The highest BCUT2D eigenvalue weighted by Crippen LogP contribution is 2.27. The Hall–Kier alpha value is -1.85. The number of methoxy groups -OCH3 is 1. The lowest BCUT2D eigenvalue weighted by Crippen LogP contribution is -2.26. The van der Waals surface area contributed by atoms with Crippen LogP contribution in [0.1, 0.15) is 16.6 Å². The van der Waals surface area contributed by atoms with E-state index < -0.39 is 0 Å². The van der Waals surface area contributed by atoms with Crippen molar-refractivity contribution in [2.45, 2.75) is 6.23 Å². The van der Waals surface area contributed by atoms with E-state index in [2.05, 4.69) is 0 Å². The lowest BCUT2D eigenvalue weighted by Gasteiger charge is -2.24. The first-order chi connectivity index (χ1) is 9.31. The fourth-order valence-corrected chi connectivity index (χ4v) is 2.35. The van der Waals surface area contributed by atoms with Gasteiger partial charge in [-0.1, -0.05) is 18.2 Å². The Labute approximate surface area is 110 Å². The first kappa shape index (κ1) is 12.2. The minimum Gasteiger partial charge on any atom is -0.465 e. The SMILES string of the molecule is COC(=O)c1cn(C2COCCO2)c2ccccc12. The molecule has 1 unspecified atom stereocenters. The number of para-hydroxylation sites is 1. The fourth-order valence-electron chi connectivity index (χ4n) is 2.35. The summed E-state index contributed by atoms with van der Waals surface area (Å²) in [5, 5.41) is 0.864. The molecule has 0 saturated carbocycles. The van der Waals surface area contributed by atoms with Crippen molar-refractivity contribution in [3.63, 3.8) is 0 Å². The van der Waals surface area contributed by atoms with Crippen molar-refractivity contribution in [1.29, 1.82) is 0 Å². The third-order valence-corrected chi connectivity index (χ3v) is 3.25. The highest BCUT2D eigenvalue weighted by molar-refractivity contribution is 6.04. The second-order valence-electron chi connectivity index (χ2n) is 4.36. The van der Waals surface area contributed by atoms with Crippen molar-refractivity contribution in [3.05, 3.63) is 36.0 Å². The topological polar surface area (TPSA) is 49.7 Å². The zero-order valence-corrected chi connectivity index (χ0v) is 10.7. The number of carbonyl (C=O) groups excluding carboxylic acids is 1. The first-order valence-electron chi connectivity index (χ1n) is 6.18. The van der Waals surface area contributed by atoms with Gasteiger partial charge in [-0.15, -0.1) is 0 Å². The number of fused-ring (bicyclic) bond motifs is 1. The fraction of sp³-hybridized carbons (Fsp3) is 0.357. The zero-order valence-electron chi connectivity index (χ0n) is 10.7. The predicted molar refractivity (Wildman–Crippen MR) is 69.1 cm³/mol. The molecule has 0 radical (unpaired) electrons. The molecule has 1 aromatic heterocycles. The Kier molecular flexibility index (Phi) is 3.23. The van der Waals surface area contributed by atoms with E-state index in [-0.39, 0.29) is 12.2 Å². The van der Waals surface area contributed by atoms with E-state index in [9.17, 15) is 4.79 Å². The van der Waals surface area contributed by atoms with Crippen molar-refractivity contribution in [2.75, 3.05) is 26.9 Å². The molecule has 2 heterocycles. The molecule has 0 amide bonds. The van der Waals surface area contributed by atoms with Gasteiger partial charge < -0.3 is 18.8 Å². The summed E-state index contributed by atoms with van der Waals surface area (Å²) >= 11 is 0. The summed E-state index contributed by atoms with van der Waals surface area (Å²) in [5.74, 6) is -0.341. The molecule has 0 N–H and O–H groups in total. The highest BCUT2D eigenvalue weighted by Gasteiger charge is 2.22. The number of nitrogens with zero attached hydrogens (tertiary/aromatic N) is 1. The largest absolute Gasteiger partial charge is 0.465 e. The molecule has 0 spiro atoms. The van der Waals surface area contributed by atoms with E-state index in [0.29, 0.717) is 25.4 Å². The van der Waals surface area contributed by atoms with Gasteiger partial charge in [-0.2, -0.15) is 0 Å². The monoisotopic (exact) mass is 261 g/mol. The number of rotatable bonds is 2. The molecule has 1 aliphatic heterocycles. The molecule has 1 fully saturated rings. The molecular formula is C14H15NO4. The Bertz CT molecular complexity index is 599. The second-order valence-corrected chi connectivity index (χ2v) is 4.36. The average Bonchev–Trinajstić information content (AvgIpc) is 2.87. The summed E-state index contributed by atoms with van der Waals surface area (Å²) in [6.07, 6.45) is 1.58. The van der Waals surface area contributed by atoms with Gasteiger partial charge in [0.1, 0.15) is 0 Å². The van der Waals surface area contributed by atoms with Crippen LogP contribution in [-0.2, 0) is 14.2 Å². The van der Waals surface area contributed by atoms with Gasteiger partial charge in [-0.25, -0.2) is 4.79 Å². The Morgan fingerprint density at radius 1 is 1.37 bits per heavy atom. The molecule has 1 atom stereocenters. The van der Waals surface area contributed by atoms with E-state index in [4.69, 9.17) is 14.2 Å². The molecule has 100 valence electrons. The maximum atomic E-state index is 11.8. The van der Waals surface area contributed by atoms with Gasteiger partial charge in [0.15, 0.2) is 6.23 Å². The van der Waals surface area contributed by atoms with Gasteiger partial charge in [-0.05, 0) is 6.07 Å². The van der Waals surface area contributed by atoms with Crippen LogP contribution in [0.2, 0.25) is 0 Å². The average molecular weight is 261 g/mol. The van der Waals surface area contributed by atoms with E-state index in [1.165, 1.54) is 7.11 Å². The maximum absolute atomic E-state index is 11.8. The van der Waals surface area contributed by atoms with Gasteiger partial charge in [0.25, 0.3) is 0 Å². The quantitative estimate of drug-likeness (QED) is 0.776. The van der Waals surface area contributed by atoms with Crippen molar-refractivity contribution in [2.24, 2.45) is 0 Å². The molecule has 2 aromatic rings. The predicted octanol–water partition coefficient (Wildman–Crippen LogP) is 1.97. The minimum atomic E-state index is -0.341. The summed E-state index contributed by atoms with van der Waals surface area (Å²) in [6.45, 7) is 1.66. The lowest BCUT2D eigenvalue weighted by molar-refractivity contribution is -0.120. The van der Waals surface area contributed by atoms with Crippen LogP contribution in [0.15, 0.2) is 30.5 Å². The number of hydrogen-bond acceptors (Lipinski definition) is 4. The van der Waals surface area contributed by atoms with Crippen LogP contribution >= 0.6 is 0 Å². The van der Waals surface area contributed by atoms with Gasteiger partial charge in [0, 0.05) is 11.6 Å². The molecule has 3 rings (SSSR count). The van der Waals surface area contributed by atoms with E-state index in [1.54, 1.807) is 6.20 Å². The van der Waals surface area contributed by atoms with E-state index in [0.717, 1.165) is 10.9 Å². The van der Waals surface area contributed by atoms with Crippen LogP contribution < -0.4 is 0 Å². The lowest BCUT2D eigenvalue weighted by atomic mass is 10.2. The zero-order chi connectivity index (χ0) is 13.2. The van der Waals surface area contributed by atoms with Crippen LogP contribution in [0.5, 0.6) is 0 Å². The highest BCUT2D eigenvalue weighted by atomic mass is 16.6. The molecule has 0 bridgehead atoms. The molecular weight excluding hydrogens is 246 g/mol. The summed E-state index contributed by atoms with van der Waals surface area (Å²) in [4.78, 5) is 11.8. The molecule has 1 aliphatic rings. The number of ether oxygens (including phenoxy) is 3. The third kappa shape index (κ3) is 2.11. The van der Waals surface area contributed by atoms with Gasteiger partial charge in [0.05, 0.1) is 38.0 Å². The summed E-state index contributed by atoms with van der Waals surface area (Å²) in [5.41, 5.74) is 1.49.